The molecule has 2 aliphatic rings. The van der Waals surface area contributed by atoms with Crippen molar-refractivity contribution in [2.24, 2.45) is 0 Å². The van der Waals surface area contributed by atoms with E-state index in [1.807, 2.05) is 0 Å². The Labute approximate surface area is 80.3 Å². The summed E-state index contributed by atoms with van der Waals surface area (Å²) >= 11 is 0. The third-order valence-corrected chi connectivity index (χ3v) is 3.44. The first-order valence-corrected chi connectivity index (χ1v) is 5.47. The number of piperidine rings is 2. The Kier molecular flexibility index (Phi) is 2.41. The Balaban J connectivity index is 2.14. The van der Waals surface area contributed by atoms with Crippen LogP contribution in [0.4, 0.5) is 0 Å². The molecule has 2 unspecified atom stereocenters. The van der Waals surface area contributed by atoms with Gasteiger partial charge in [0.15, 0.2) is 0 Å². The fraction of sp³-hybridized carbons (Fsp3) is 0.909. The lowest BCUT2D eigenvalue weighted by atomic mass is 9.83. The molecule has 2 saturated heterocycles. The van der Waals surface area contributed by atoms with Crippen molar-refractivity contribution >= 4 is 5.78 Å². The van der Waals surface area contributed by atoms with E-state index < -0.39 is 0 Å². The lowest BCUT2D eigenvalue weighted by Crippen LogP contribution is -2.55. The predicted molar refractivity (Wildman–Crippen MR) is 52.6 cm³/mol. The zero-order valence-corrected chi connectivity index (χ0v) is 8.62. The first kappa shape index (κ1) is 9.20. The first-order valence-electron chi connectivity index (χ1n) is 5.47. The van der Waals surface area contributed by atoms with Gasteiger partial charge in [-0.3, -0.25) is 9.69 Å². The number of ketones is 1. The molecule has 0 N–H and O–H groups in total. The van der Waals surface area contributed by atoms with Crippen LogP contribution in [0.3, 0.4) is 0 Å². The van der Waals surface area contributed by atoms with E-state index in [2.05, 4.69) is 18.7 Å². The van der Waals surface area contributed by atoms with Crippen molar-refractivity contribution in [3.8, 4) is 0 Å². The third kappa shape index (κ3) is 1.64. The van der Waals surface area contributed by atoms with Gasteiger partial charge in [0.1, 0.15) is 5.78 Å². The number of rotatable bonds is 1. The van der Waals surface area contributed by atoms with E-state index in [-0.39, 0.29) is 0 Å². The van der Waals surface area contributed by atoms with Gasteiger partial charge in [0.2, 0.25) is 0 Å². The first-order chi connectivity index (χ1) is 6.18. The van der Waals surface area contributed by atoms with E-state index in [0.717, 1.165) is 12.8 Å². The largest absolute Gasteiger partial charge is 0.300 e. The number of hydrogen-bond acceptors (Lipinski definition) is 2. The summed E-state index contributed by atoms with van der Waals surface area (Å²) in [4.78, 5) is 14.0. The summed E-state index contributed by atoms with van der Waals surface area (Å²) in [5, 5.41) is 0. The van der Waals surface area contributed by atoms with E-state index in [1.54, 1.807) is 0 Å². The molecule has 0 spiro atoms. The normalized spacial score (nSPS) is 35.5. The van der Waals surface area contributed by atoms with Crippen LogP contribution in [-0.4, -0.2) is 28.8 Å². The van der Waals surface area contributed by atoms with Crippen molar-refractivity contribution in [1.82, 2.24) is 4.90 Å². The number of nitrogens with zero attached hydrogens (tertiary/aromatic N) is 1. The van der Waals surface area contributed by atoms with Crippen molar-refractivity contribution in [2.45, 2.75) is 64.1 Å². The van der Waals surface area contributed by atoms with E-state index in [0.29, 0.717) is 23.9 Å². The third-order valence-electron chi connectivity index (χ3n) is 3.44. The summed E-state index contributed by atoms with van der Waals surface area (Å²) in [6.07, 6.45) is 5.43. The van der Waals surface area contributed by atoms with Crippen molar-refractivity contribution in [3.05, 3.63) is 0 Å². The highest BCUT2D eigenvalue weighted by atomic mass is 16.1. The molecule has 0 amide bonds. The van der Waals surface area contributed by atoms with Crippen molar-refractivity contribution < 1.29 is 4.79 Å². The minimum atomic E-state index is 0.492. The SMILES string of the molecule is CC(C)N1C2CCCC1CC(=O)C2. The van der Waals surface area contributed by atoms with Crippen LogP contribution < -0.4 is 0 Å². The molecule has 2 heterocycles. The second kappa shape index (κ2) is 3.41. The monoisotopic (exact) mass is 181 g/mol. The number of carbonyl (C=O) groups is 1. The standard InChI is InChI=1S/C11H19NO/c1-8(2)12-9-4-3-5-10(12)7-11(13)6-9/h8-10H,3-7H2,1-2H3. The fourth-order valence-corrected chi connectivity index (χ4v) is 3.05. The molecular formula is C11H19NO. The molecule has 2 fully saturated rings. The van der Waals surface area contributed by atoms with Crippen molar-refractivity contribution in [1.29, 1.82) is 0 Å². The molecule has 2 atom stereocenters. The Hall–Kier alpha value is -0.370. The average Bonchev–Trinajstić information content (AvgIpc) is 2.01. The minimum Gasteiger partial charge on any atom is -0.300 e. The molecule has 0 aromatic rings. The molecule has 2 bridgehead atoms. The average molecular weight is 181 g/mol. The van der Waals surface area contributed by atoms with Crippen molar-refractivity contribution in [3.63, 3.8) is 0 Å². The van der Waals surface area contributed by atoms with Gasteiger partial charge >= 0.3 is 0 Å². The summed E-state index contributed by atoms with van der Waals surface area (Å²) in [5.74, 6) is 0.492. The lowest BCUT2D eigenvalue weighted by molar-refractivity contribution is -0.128. The van der Waals surface area contributed by atoms with Crippen LogP contribution in [0, 0.1) is 0 Å². The number of hydrogen-bond donors (Lipinski definition) is 0. The molecule has 2 nitrogen and oxygen atoms in total. The van der Waals surface area contributed by atoms with E-state index in [4.69, 9.17) is 0 Å². The maximum atomic E-state index is 11.4. The summed E-state index contributed by atoms with van der Waals surface area (Å²) in [5.41, 5.74) is 0. The maximum absolute atomic E-state index is 11.4. The Morgan fingerprint density at radius 2 is 1.77 bits per heavy atom. The Bertz CT molecular complexity index is 196. The highest BCUT2D eigenvalue weighted by Crippen LogP contribution is 2.33. The van der Waals surface area contributed by atoms with Gasteiger partial charge in [0.25, 0.3) is 0 Å². The highest BCUT2D eigenvalue weighted by Gasteiger charge is 2.38. The molecule has 13 heavy (non-hydrogen) atoms. The van der Waals surface area contributed by atoms with Crippen LogP contribution in [0.15, 0.2) is 0 Å². The second-order valence-corrected chi connectivity index (χ2v) is 4.73. The van der Waals surface area contributed by atoms with Crippen LogP contribution in [0.25, 0.3) is 0 Å². The molecule has 0 saturated carbocycles. The summed E-state index contributed by atoms with van der Waals surface area (Å²) in [6, 6.07) is 1.75. The number of fused-ring (bicyclic) bond motifs is 2. The lowest BCUT2D eigenvalue weighted by Gasteiger charge is -2.47. The number of carbonyl (C=O) groups excluding carboxylic acids is 1. The number of Topliss-reactive ketones (excluding diaryl/α,β-unsaturated/α-hetero) is 1. The molecular weight excluding hydrogens is 162 g/mol. The Morgan fingerprint density at radius 3 is 2.23 bits per heavy atom. The van der Waals surface area contributed by atoms with E-state index >= 15 is 0 Å². The van der Waals surface area contributed by atoms with Gasteiger partial charge in [0, 0.05) is 31.0 Å². The van der Waals surface area contributed by atoms with Crippen LogP contribution in [-0.2, 0) is 4.79 Å². The van der Waals surface area contributed by atoms with Crippen LogP contribution in [0.1, 0.15) is 46.0 Å². The van der Waals surface area contributed by atoms with Crippen LogP contribution in [0.2, 0.25) is 0 Å². The van der Waals surface area contributed by atoms with Crippen molar-refractivity contribution in [2.75, 3.05) is 0 Å². The van der Waals surface area contributed by atoms with Gasteiger partial charge < -0.3 is 0 Å². The molecule has 0 aromatic heterocycles. The fourth-order valence-electron chi connectivity index (χ4n) is 3.05. The molecule has 0 aromatic carbocycles. The second-order valence-electron chi connectivity index (χ2n) is 4.73. The molecule has 2 aliphatic heterocycles. The summed E-state index contributed by atoms with van der Waals surface area (Å²) < 4.78 is 0. The van der Waals surface area contributed by atoms with E-state index in [9.17, 15) is 4.79 Å². The highest BCUT2D eigenvalue weighted by molar-refractivity contribution is 5.80. The quantitative estimate of drug-likeness (QED) is 0.616. The summed E-state index contributed by atoms with van der Waals surface area (Å²) in [6.45, 7) is 4.50. The van der Waals surface area contributed by atoms with Gasteiger partial charge in [-0.15, -0.1) is 0 Å². The van der Waals surface area contributed by atoms with Gasteiger partial charge in [0.05, 0.1) is 0 Å². The molecule has 0 aliphatic carbocycles. The topological polar surface area (TPSA) is 20.3 Å². The van der Waals surface area contributed by atoms with Crippen LogP contribution >= 0.6 is 0 Å². The molecule has 2 rings (SSSR count). The minimum absolute atomic E-state index is 0.492. The molecule has 2 heteroatoms. The van der Waals surface area contributed by atoms with Gasteiger partial charge in [-0.2, -0.15) is 0 Å². The smallest absolute Gasteiger partial charge is 0.136 e. The van der Waals surface area contributed by atoms with Gasteiger partial charge in [-0.05, 0) is 26.7 Å². The maximum Gasteiger partial charge on any atom is 0.136 e. The zero-order valence-electron chi connectivity index (χ0n) is 8.62. The zero-order chi connectivity index (χ0) is 9.42. The molecule has 74 valence electrons. The van der Waals surface area contributed by atoms with Gasteiger partial charge in [-0.25, -0.2) is 0 Å². The Morgan fingerprint density at radius 1 is 1.23 bits per heavy atom. The van der Waals surface area contributed by atoms with E-state index in [1.165, 1.54) is 19.3 Å². The summed E-state index contributed by atoms with van der Waals surface area (Å²) in [7, 11) is 0. The van der Waals surface area contributed by atoms with Gasteiger partial charge in [-0.1, -0.05) is 6.42 Å². The molecule has 0 radical (unpaired) electrons. The van der Waals surface area contributed by atoms with Crippen LogP contribution in [0.5, 0.6) is 0 Å². The predicted octanol–water partition coefficient (Wildman–Crippen LogP) is 1.98.